The first kappa shape index (κ1) is 17.4. The number of aliphatic hydroxyl groups is 1. The number of hydrogen-bond donors (Lipinski definition) is 2. The molecule has 23 heavy (non-hydrogen) atoms. The third kappa shape index (κ3) is 5.66. The summed E-state index contributed by atoms with van der Waals surface area (Å²) < 4.78 is 18.2. The van der Waals surface area contributed by atoms with Gasteiger partial charge in [-0.15, -0.1) is 0 Å². The molecule has 0 radical (unpaired) electrons. The van der Waals surface area contributed by atoms with Crippen LogP contribution < -0.4 is 10.1 Å². The van der Waals surface area contributed by atoms with E-state index in [0.29, 0.717) is 6.54 Å². The first-order valence-electron chi connectivity index (χ1n) is 7.88. The van der Waals surface area contributed by atoms with Crippen LogP contribution in [0.4, 0.5) is 4.39 Å². The van der Waals surface area contributed by atoms with Crippen molar-refractivity contribution in [1.29, 1.82) is 0 Å². The normalized spacial score (nSPS) is 13.6. The number of aryl methyl sites for hydroxylation is 1. The molecule has 124 valence electrons. The van der Waals surface area contributed by atoms with E-state index in [-0.39, 0.29) is 11.9 Å². The van der Waals surface area contributed by atoms with Gasteiger partial charge in [0, 0.05) is 12.6 Å². The Hall–Kier alpha value is -1.91. The summed E-state index contributed by atoms with van der Waals surface area (Å²) in [4.78, 5) is 0. The number of aliphatic hydroxyl groups excluding tert-OH is 1. The first-order valence-corrected chi connectivity index (χ1v) is 7.88. The van der Waals surface area contributed by atoms with E-state index in [0.717, 1.165) is 29.7 Å². The molecular formula is C19H24FNO2. The van der Waals surface area contributed by atoms with E-state index < -0.39 is 6.10 Å². The molecule has 2 aromatic carbocycles. The zero-order chi connectivity index (χ0) is 16.7. The molecule has 0 heterocycles. The van der Waals surface area contributed by atoms with Gasteiger partial charge < -0.3 is 15.2 Å². The van der Waals surface area contributed by atoms with E-state index in [1.807, 2.05) is 30.3 Å². The lowest BCUT2D eigenvalue weighted by molar-refractivity contribution is 0.170. The highest BCUT2D eigenvalue weighted by Crippen LogP contribution is 2.17. The van der Waals surface area contributed by atoms with Gasteiger partial charge in [0.1, 0.15) is 11.6 Å². The standard InChI is InChI=1S/C19H24FNO2/c1-14(6-7-15-4-3-5-17(20)12-15)21-13-19(22)16-8-10-18(23-2)11-9-16/h3-5,8-12,14,19,21-22H,6-7,13H2,1-2H3. The molecule has 2 N–H and O–H groups in total. The van der Waals surface area contributed by atoms with Gasteiger partial charge in [-0.2, -0.15) is 0 Å². The van der Waals surface area contributed by atoms with Crippen LogP contribution >= 0.6 is 0 Å². The lowest BCUT2D eigenvalue weighted by atomic mass is 10.1. The molecule has 2 unspecified atom stereocenters. The lowest BCUT2D eigenvalue weighted by Crippen LogP contribution is -2.30. The Kier molecular flexibility index (Phi) is 6.56. The summed E-state index contributed by atoms with van der Waals surface area (Å²) in [5.74, 6) is 0.579. The van der Waals surface area contributed by atoms with Crippen LogP contribution in [0.3, 0.4) is 0 Å². The number of rotatable bonds is 8. The van der Waals surface area contributed by atoms with Gasteiger partial charge in [-0.1, -0.05) is 24.3 Å². The van der Waals surface area contributed by atoms with Gasteiger partial charge in [-0.3, -0.25) is 0 Å². The van der Waals surface area contributed by atoms with Crippen molar-refractivity contribution in [3.63, 3.8) is 0 Å². The SMILES string of the molecule is COc1ccc(C(O)CNC(C)CCc2cccc(F)c2)cc1. The maximum absolute atomic E-state index is 13.1. The zero-order valence-corrected chi connectivity index (χ0v) is 13.6. The average Bonchev–Trinajstić information content (AvgIpc) is 2.58. The van der Waals surface area contributed by atoms with Gasteiger partial charge in [-0.05, 0) is 55.2 Å². The number of benzene rings is 2. The van der Waals surface area contributed by atoms with Gasteiger partial charge >= 0.3 is 0 Å². The molecule has 0 aliphatic carbocycles. The molecule has 2 aromatic rings. The highest BCUT2D eigenvalue weighted by molar-refractivity contribution is 5.28. The molecule has 0 aliphatic heterocycles. The van der Waals surface area contributed by atoms with Crippen molar-refractivity contribution in [3.05, 3.63) is 65.5 Å². The maximum Gasteiger partial charge on any atom is 0.123 e. The average molecular weight is 317 g/mol. The van der Waals surface area contributed by atoms with Crippen LogP contribution in [0.15, 0.2) is 48.5 Å². The highest BCUT2D eigenvalue weighted by Gasteiger charge is 2.10. The van der Waals surface area contributed by atoms with Crippen LogP contribution in [0.5, 0.6) is 5.75 Å². The van der Waals surface area contributed by atoms with Gasteiger partial charge in [0.2, 0.25) is 0 Å². The van der Waals surface area contributed by atoms with E-state index in [1.165, 1.54) is 6.07 Å². The fraction of sp³-hybridized carbons (Fsp3) is 0.368. The number of methoxy groups -OCH3 is 1. The first-order chi connectivity index (χ1) is 11.1. The monoisotopic (exact) mass is 317 g/mol. The molecule has 0 saturated carbocycles. The Morgan fingerprint density at radius 1 is 1.17 bits per heavy atom. The molecule has 0 aliphatic rings. The molecular weight excluding hydrogens is 293 g/mol. The topological polar surface area (TPSA) is 41.5 Å². The van der Waals surface area contributed by atoms with Crippen LogP contribution in [-0.2, 0) is 6.42 Å². The fourth-order valence-electron chi connectivity index (χ4n) is 2.43. The predicted molar refractivity (Wildman–Crippen MR) is 90.1 cm³/mol. The summed E-state index contributed by atoms with van der Waals surface area (Å²) in [6.45, 7) is 2.55. The third-order valence-electron chi connectivity index (χ3n) is 3.92. The van der Waals surface area contributed by atoms with Crippen LogP contribution in [0.1, 0.15) is 30.6 Å². The summed E-state index contributed by atoms with van der Waals surface area (Å²) in [5, 5.41) is 13.5. The second-order valence-electron chi connectivity index (χ2n) is 5.77. The molecule has 0 saturated heterocycles. The van der Waals surface area contributed by atoms with Gasteiger partial charge in [0.15, 0.2) is 0 Å². The minimum absolute atomic E-state index is 0.196. The van der Waals surface area contributed by atoms with E-state index in [2.05, 4.69) is 12.2 Å². The molecule has 0 bridgehead atoms. The Morgan fingerprint density at radius 2 is 1.91 bits per heavy atom. The molecule has 4 heteroatoms. The third-order valence-corrected chi connectivity index (χ3v) is 3.92. The van der Waals surface area contributed by atoms with Gasteiger partial charge in [0.25, 0.3) is 0 Å². The Morgan fingerprint density at radius 3 is 2.57 bits per heavy atom. The Bertz CT molecular complexity index is 601. The zero-order valence-electron chi connectivity index (χ0n) is 13.6. The van der Waals surface area contributed by atoms with Gasteiger partial charge in [0.05, 0.1) is 13.2 Å². The Balaban J connectivity index is 1.75. The van der Waals surface area contributed by atoms with Gasteiger partial charge in [-0.25, -0.2) is 4.39 Å². The summed E-state index contributed by atoms with van der Waals surface area (Å²) in [6.07, 6.45) is 1.14. The fourth-order valence-corrected chi connectivity index (χ4v) is 2.43. The highest BCUT2D eigenvalue weighted by atomic mass is 19.1. The van der Waals surface area contributed by atoms with Crippen molar-refractivity contribution < 1.29 is 14.2 Å². The van der Waals surface area contributed by atoms with E-state index >= 15 is 0 Å². The molecule has 0 fully saturated rings. The number of nitrogens with one attached hydrogen (secondary N) is 1. The maximum atomic E-state index is 13.1. The van der Waals surface area contributed by atoms with Crippen LogP contribution in [-0.4, -0.2) is 24.8 Å². The van der Waals surface area contributed by atoms with Crippen molar-refractivity contribution in [2.24, 2.45) is 0 Å². The van der Waals surface area contributed by atoms with Crippen LogP contribution in [0.2, 0.25) is 0 Å². The molecule has 3 nitrogen and oxygen atoms in total. The van der Waals surface area contributed by atoms with Crippen molar-refractivity contribution in [2.75, 3.05) is 13.7 Å². The Labute approximate surface area is 137 Å². The number of hydrogen-bond acceptors (Lipinski definition) is 3. The second-order valence-corrected chi connectivity index (χ2v) is 5.77. The summed E-state index contributed by atoms with van der Waals surface area (Å²) in [5.41, 5.74) is 1.85. The minimum atomic E-state index is -0.558. The van der Waals surface area contributed by atoms with Crippen LogP contribution in [0.25, 0.3) is 0 Å². The molecule has 0 spiro atoms. The largest absolute Gasteiger partial charge is 0.497 e. The number of ether oxygens (including phenoxy) is 1. The number of halogens is 1. The smallest absolute Gasteiger partial charge is 0.123 e. The van der Waals surface area contributed by atoms with Crippen molar-refractivity contribution >= 4 is 0 Å². The van der Waals surface area contributed by atoms with Crippen LogP contribution in [0, 0.1) is 5.82 Å². The summed E-state index contributed by atoms with van der Waals surface area (Å²) >= 11 is 0. The summed E-state index contributed by atoms with van der Waals surface area (Å²) in [7, 11) is 1.62. The van der Waals surface area contributed by atoms with E-state index in [4.69, 9.17) is 4.74 Å². The molecule has 0 aromatic heterocycles. The molecule has 2 rings (SSSR count). The summed E-state index contributed by atoms with van der Waals surface area (Å²) in [6, 6.07) is 14.3. The molecule has 2 atom stereocenters. The minimum Gasteiger partial charge on any atom is -0.497 e. The quantitative estimate of drug-likeness (QED) is 0.783. The van der Waals surface area contributed by atoms with E-state index in [1.54, 1.807) is 19.2 Å². The van der Waals surface area contributed by atoms with Crippen molar-refractivity contribution in [1.82, 2.24) is 5.32 Å². The molecule has 0 amide bonds. The van der Waals surface area contributed by atoms with Crippen molar-refractivity contribution in [2.45, 2.75) is 31.9 Å². The van der Waals surface area contributed by atoms with E-state index in [9.17, 15) is 9.50 Å². The second kappa shape index (κ2) is 8.65. The van der Waals surface area contributed by atoms with Crippen molar-refractivity contribution in [3.8, 4) is 5.75 Å². The lowest BCUT2D eigenvalue weighted by Gasteiger charge is -2.17. The predicted octanol–water partition coefficient (Wildman–Crippen LogP) is 3.48.